The number of imidazole rings is 1. The van der Waals surface area contributed by atoms with Crippen molar-refractivity contribution in [1.82, 2.24) is 9.55 Å². The Bertz CT molecular complexity index is 982. The number of benzene rings is 2. The number of carboxylic acid groups (broad SMARTS) is 1. The van der Waals surface area contributed by atoms with Crippen molar-refractivity contribution in [2.24, 2.45) is 5.73 Å². The zero-order valence-electron chi connectivity index (χ0n) is 16.2. The van der Waals surface area contributed by atoms with Crippen LogP contribution in [0.2, 0.25) is 0 Å². The fourth-order valence-corrected chi connectivity index (χ4v) is 3.70. The molecule has 0 aliphatic heterocycles. The number of aryl methyl sites for hydroxylation is 1. The number of carboxylic acids is 1. The predicted octanol–water partition coefficient (Wildman–Crippen LogP) is 3.57. The van der Waals surface area contributed by atoms with Gasteiger partial charge in [-0.15, -0.1) is 23.2 Å². The second-order valence-corrected chi connectivity index (χ2v) is 7.64. The molecule has 8 heteroatoms. The first-order valence-corrected chi connectivity index (χ1v) is 10.4. The van der Waals surface area contributed by atoms with Crippen molar-refractivity contribution in [3.05, 3.63) is 53.9 Å². The molecule has 1 aromatic heterocycles. The van der Waals surface area contributed by atoms with E-state index in [2.05, 4.69) is 4.90 Å². The van der Waals surface area contributed by atoms with Crippen molar-refractivity contribution in [3.63, 3.8) is 0 Å². The third-order valence-corrected chi connectivity index (χ3v) is 5.13. The summed E-state index contributed by atoms with van der Waals surface area (Å²) in [7, 11) is 0. The molecule has 1 atom stereocenters. The van der Waals surface area contributed by atoms with E-state index in [9.17, 15) is 9.90 Å². The topological polar surface area (TPSA) is 84.4 Å². The summed E-state index contributed by atoms with van der Waals surface area (Å²) in [5.74, 6) is 0.539. The predicted molar refractivity (Wildman–Crippen MR) is 119 cm³/mol. The lowest BCUT2D eigenvalue weighted by Crippen LogP contribution is -2.33. The van der Waals surface area contributed by atoms with Crippen LogP contribution >= 0.6 is 23.2 Å². The number of carbonyl (C=O) groups is 1. The molecule has 154 valence electrons. The van der Waals surface area contributed by atoms with E-state index >= 15 is 0 Å². The highest BCUT2D eigenvalue weighted by molar-refractivity contribution is 6.18. The molecule has 0 saturated carbocycles. The SMILES string of the molecule is Cc1ccc(-n2c(CC(N)C(=O)O)nc3cc(N(CCCl)CCCl)ccc32)cc1. The monoisotopic (exact) mass is 434 g/mol. The van der Waals surface area contributed by atoms with Crippen LogP contribution in [0.1, 0.15) is 11.4 Å². The molecule has 6 nitrogen and oxygen atoms in total. The van der Waals surface area contributed by atoms with Crippen LogP contribution in [0.15, 0.2) is 42.5 Å². The van der Waals surface area contributed by atoms with E-state index in [1.807, 2.05) is 54.0 Å². The van der Waals surface area contributed by atoms with Crippen molar-refractivity contribution < 1.29 is 9.90 Å². The van der Waals surface area contributed by atoms with Crippen molar-refractivity contribution in [1.29, 1.82) is 0 Å². The number of fused-ring (bicyclic) bond motifs is 1. The largest absolute Gasteiger partial charge is 0.480 e. The number of alkyl halides is 2. The van der Waals surface area contributed by atoms with Gasteiger partial charge in [0.15, 0.2) is 0 Å². The summed E-state index contributed by atoms with van der Waals surface area (Å²) in [4.78, 5) is 18.1. The normalized spacial score (nSPS) is 12.3. The molecule has 1 unspecified atom stereocenters. The molecule has 1 heterocycles. The molecule has 0 fully saturated rings. The Morgan fingerprint density at radius 2 is 1.83 bits per heavy atom. The van der Waals surface area contributed by atoms with Crippen LogP contribution in [0.25, 0.3) is 16.7 Å². The third kappa shape index (κ3) is 4.83. The number of rotatable bonds is 9. The van der Waals surface area contributed by atoms with Crippen LogP contribution in [0.4, 0.5) is 5.69 Å². The average Bonchev–Trinajstić information content (AvgIpc) is 3.05. The molecule has 0 aliphatic carbocycles. The Morgan fingerprint density at radius 1 is 1.17 bits per heavy atom. The van der Waals surface area contributed by atoms with Gasteiger partial charge in [0, 0.05) is 42.6 Å². The van der Waals surface area contributed by atoms with Crippen molar-refractivity contribution in [3.8, 4) is 5.69 Å². The maximum absolute atomic E-state index is 11.3. The van der Waals surface area contributed by atoms with Gasteiger partial charge in [0.05, 0.1) is 11.0 Å². The first-order valence-electron chi connectivity index (χ1n) is 9.38. The van der Waals surface area contributed by atoms with Gasteiger partial charge in [0.1, 0.15) is 11.9 Å². The summed E-state index contributed by atoms with van der Waals surface area (Å²) in [6, 6.07) is 13.0. The van der Waals surface area contributed by atoms with Gasteiger partial charge in [0.2, 0.25) is 0 Å². The molecule has 3 N–H and O–H groups in total. The van der Waals surface area contributed by atoms with Crippen molar-refractivity contribution in [2.45, 2.75) is 19.4 Å². The molecular weight excluding hydrogens is 411 g/mol. The third-order valence-electron chi connectivity index (χ3n) is 4.79. The van der Waals surface area contributed by atoms with Gasteiger partial charge in [-0.05, 0) is 37.3 Å². The number of hydrogen-bond acceptors (Lipinski definition) is 4. The van der Waals surface area contributed by atoms with Crippen LogP contribution in [0.3, 0.4) is 0 Å². The first-order chi connectivity index (χ1) is 13.9. The van der Waals surface area contributed by atoms with E-state index in [0.717, 1.165) is 28.0 Å². The van der Waals surface area contributed by atoms with Gasteiger partial charge in [-0.25, -0.2) is 4.98 Å². The maximum atomic E-state index is 11.3. The fraction of sp³-hybridized carbons (Fsp3) is 0.333. The van der Waals surface area contributed by atoms with E-state index in [1.165, 1.54) is 0 Å². The lowest BCUT2D eigenvalue weighted by molar-refractivity contribution is -0.138. The standard InChI is InChI=1S/C21H24Cl2N4O2/c1-14-2-4-15(5-3-14)27-19-7-6-16(26(10-8-22)11-9-23)12-18(19)25-20(27)13-17(24)21(28)29/h2-7,12,17H,8-11,13,24H2,1H3,(H,28,29). The summed E-state index contributed by atoms with van der Waals surface area (Å²) >= 11 is 11.9. The van der Waals surface area contributed by atoms with E-state index in [0.29, 0.717) is 30.7 Å². The molecule has 0 aliphatic rings. The van der Waals surface area contributed by atoms with E-state index in [4.69, 9.17) is 33.9 Å². The highest BCUT2D eigenvalue weighted by Gasteiger charge is 2.20. The van der Waals surface area contributed by atoms with Gasteiger partial charge in [-0.3, -0.25) is 9.36 Å². The van der Waals surface area contributed by atoms with E-state index in [1.54, 1.807) is 0 Å². The smallest absolute Gasteiger partial charge is 0.320 e. The number of hydrogen-bond donors (Lipinski definition) is 2. The van der Waals surface area contributed by atoms with Crippen molar-refractivity contribution in [2.75, 3.05) is 29.7 Å². The minimum Gasteiger partial charge on any atom is -0.480 e. The summed E-state index contributed by atoms with van der Waals surface area (Å²) in [5.41, 5.74) is 10.5. The number of nitrogens with zero attached hydrogens (tertiary/aromatic N) is 3. The van der Waals surface area contributed by atoms with E-state index in [-0.39, 0.29) is 6.42 Å². The summed E-state index contributed by atoms with van der Waals surface area (Å²) in [5, 5.41) is 9.26. The summed E-state index contributed by atoms with van der Waals surface area (Å²) in [6.07, 6.45) is 0.125. The zero-order valence-corrected chi connectivity index (χ0v) is 17.7. The number of aromatic nitrogens is 2. The fourth-order valence-electron chi connectivity index (χ4n) is 3.29. The zero-order chi connectivity index (χ0) is 21.0. The van der Waals surface area contributed by atoms with Gasteiger partial charge < -0.3 is 15.7 Å². The maximum Gasteiger partial charge on any atom is 0.320 e. The minimum atomic E-state index is -1.05. The van der Waals surface area contributed by atoms with Gasteiger partial charge in [0.25, 0.3) is 0 Å². The van der Waals surface area contributed by atoms with Crippen LogP contribution in [0, 0.1) is 6.92 Å². The number of aliphatic carboxylic acids is 1. The molecule has 0 saturated heterocycles. The van der Waals surface area contributed by atoms with Crippen LogP contribution in [-0.2, 0) is 11.2 Å². The van der Waals surface area contributed by atoms with Crippen molar-refractivity contribution >= 4 is 45.9 Å². The molecular formula is C21H24Cl2N4O2. The molecule has 0 amide bonds. The average molecular weight is 435 g/mol. The van der Waals surface area contributed by atoms with Crippen LogP contribution in [0.5, 0.6) is 0 Å². The highest BCUT2D eigenvalue weighted by atomic mass is 35.5. The number of anilines is 1. The number of nitrogens with two attached hydrogens (primary N) is 1. The lowest BCUT2D eigenvalue weighted by Gasteiger charge is -2.22. The Hall–Kier alpha value is -2.28. The van der Waals surface area contributed by atoms with Crippen LogP contribution in [-0.4, -0.2) is 51.5 Å². The van der Waals surface area contributed by atoms with E-state index < -0.39 is 12.0 Å². The Morgan fingerprint density at radius 3 is 2.41 bits per heavy atom. The quantitative estimate of drug-likeness (QED) is 0.502. The number of halogens is 2. The second-order valence-electron chi connectivity index (χ2n) is 6.89. The molecule has 0 radical (unpaired) electrons. The minimum absolute atomic E-state index is 0.125. The van der Waals surface area contributed by atoms with Gasteiger partial charge >= 0.3 is 5.97 Å². The Labute approximate surface area is 179 Å². The molecule has 0 spiro atoms. The van der Waals surface area contributed by atoms with Gasteiger partial charge in [-0.2, -0.15) is 0 Å². The van der Waals surface area contributed by atoms with Crippen LogP contribution < -0.4 is 10.6 Å². The lowest BCUT2D eigenvalue weighted by atomic mass is 10.2. The molecule has 2 aromatic carbocycles. The summed E-state index contributed by atoms with van der Waals surface area (Å²) < 4.78 is 1.97. The summed E-state index contributed by atoms with van der Waals surface area (Å²) in [6.45, 7) is 3.37. The van der Waals surface area contributed by atoms with Gasteiger partial charge in [-0.1, -0.05) is 17.7 Å². The second kappa shape index (κ2) is 9.48. The Balaban J connectivity index is 2.12. The molecule has 3 aromatic rings. The molecule has 0 bridgehead atoms. The molecule has 3 rings (SSSR count). The first kappa shape index (κ1) is 21.4. The Kier molecular flexibility index (Phi) is 7.00. The highest BCUT2D eigenvalue weighted by Crippen LogP contribution is 2.27. The molecule has 29 heavy (non-hydrogen) atoms.